The lowest BCUT2D eigenvalue weighted by Crippen LogP contribution is -2.25. The van der Waals surface area contributed by atoms with E-state index in [1.165, 1.54) is 0 Å². The second-order valence-electron chi connectivity index (χ2n) is 4.29. The fourth-order valence-corrected chi connectivity index (χ4v) is 1.76. The molecule has 17 heavy (non-hydrogen) atoms. The zero-order valence-corrected chi connectivity index (χ0v) is 11.3. The molecule has 102 valence electrons. The first kappa shape index (κ1) is 16.4. The van der Waals surface area contributed by atoms with Gasteiger partial charge in [0.2, 0.25) is 5.91 Å². The molecule has 0 spiro atoms. The Labute approximate surface area is 105 Å². The Morgan fingerprint density at radius 1 is 1.35 bits per heavy atom. The van der Waals surface area contributed by atoms with Gasteiger partial charge >= 0.3 is 0 Å². The molecule has 0 saturated heterocycles. The highest BCUT2D eigenvalue weighted by atomic mass is 16.5. The smallest absolute Gasteiger partial charge is 0.220 e. The number of amides is 1. The standard InChI is InChI=1S/C13H28N2O2/c1-3-12(8-9-14)6-7-13(16)15-10-5-11-17-4-2/h12H,3-11,14H2,1-2H3,(H,15,16). The summed E-state index contributed by atoms with van der Waals surface area (Å²) in [5.41, 5.74) is 5.52. The van der Waals surface area contributed by atoms with E-state index in [4.69, 9.17) is 10.5 Å². The van der Waals surface area contributed by atoms with Gasteiger partial charge < -0.3 is 15.8 Å². The van der Waals surface area contributed by atoms with Crippen LogP contribution in [0.1, 0.15) is 46.0 Å². The topological polar surface area (TPSA) is 64.3 Å². The molecule has 4 heteroatoms. The average Bonchev–Trinajstić information content (AvgIpc) is 2.34. The van der Waals surface area contributed by atoms with Gasteiger partial charge in [-0.05, 0) is 38.6 Å². The van der Waals surface area contributed by atoms with E-state index in [-0.39, 0.29) is 5.91 Å². The fraction of sp³-hybridized carbons (Fsp3) is 0.923. The van der Waals surface area contributed by atoms with Gasteiger partial charge in [-0.1, -0.05) is 13.3 Å². The minimum atomic E-state index is 0.150. The van der Waals surface area contributed by atoms with Crippen LogP contribution in [-0.4, -0.2) is 32.2 Å². The van der Waals surface area contributed by atoms with Crippen LogP contribution in [0.25, 0.3) is 0 Å². The second kappa shape index (κ2) is 11.9. The van der Waals surface area contributed by atoms with Gasteiger partial charge in [-0.2, -0.15) is 0 Å². The van der Waals surface area contributed by atoms with Crippen LogP contribution in [0.15, 0.2) is 0 Å². The predicted octanol–water partition coefficient (Wildman–Crippen LogP) is 1.68. The summed E-state index contributed by atoms with van der Waals surface area (Å²) in [6, 6.07) is 0. The summed E-state index contributed by atoms with van der Waals surface area (Å²) in [5, 5.41) is 2.91. The van der Waals surface area contributed by atoms with Crippen molar-refractivity contribution in [2.45, 2.75) is 46.0 Å². The maximum Gasteiger partial charge on any atom is 0.220 e. The van der Waals surface area contributed by atoms with Gasteiger partial charge in [-0.25, -0.2) is 0 Å². The van der Waals surface area contributed by atoms with E-state index in [1.54, 1.807) is 0 Å². The Bertz CT molecular complexity index is 186. The van der Waals surface area contributed by atoms with Crippen LogP contribution in [0, 0.1) is 5.92 Å². The summed E-state index contributed by atoms with van der Waals surface area (Å²) < 4.78 is 5.20. The highest BCUT2D eigenvalue weighted by Crippen LogP contribution is 2.14. The Morgan fingerprint density at radius 2 is 2.12 bits per heavy atom. The monoisotopic (exact) mass is 244 g/mol. The maximum absolute atomic E-state index is 11.5. The number of carbonyl (C=O) groups is 1. The molecule has 4 nitrogen and oxygen atoms in total. The SMILES string of the molecule is CCOCCCNC(=O)CCC(CC)CCN. The van der Waals surface area contributed by atoms with Crippen LogP contribution in [0.5, 0.6) is 0 Å². The quantitative estimate of drug-likeness (QED) is 0.544. The first-order valence-corrected chi connectivity index (χ1v) is 6.79. The molecule has 0 aliphatic rings. The molecular formula is C13H28N2O2. The molecule has 0 bridgehead atoms. The number of nitrogens with one attached hydrogen (secondary N) is 1. The van der Waals surface area contributed by atoms with Crippen LogP contribution in [0.4, 0.5) is 0 Å². The maximum atomic E-state index is 11.5. The van der Waals surface area contributed by atoms with Crippen LogP contribution in [0.3, 0.4) is 0 Å². The Kier molecular flexibility index (Phi) is 11.4. The van der Waals surface area contributed by atoms with Gasteiger partial charge in [0.25, 0.3) is 0 Å². The van der Waals surface area contributed by atoms with Gasteiger partial charge in [0, 0.05) is 26.2 Å². The molecule has 0 aliphatic carbocycles. The van der Waals surface area contributed by atoms with E-state index in [9.17, 15) is 4.79 Å². The highest BCUT2D eigenvalue weighted by Gasteiger charge is 2.08. The lowest BCUT2D eigenvalue weighted by molar-refractivity contribution is -0.121. The zero-order valence-electron chi connectivity index (χ0n) is 11.3. The molecule has 0 heterocycles. The molecule has 1 unspecified atom stereocenters. The molecule has 1 amide bonds. The minimum absolute atomic E-state index is 0.150. The Balaban J connectivity index is 3.44. The average molecular weight is 244 g/mol. The molecule has 0 radical (unpaired) electrons. The van der Waals surface area contributed by atoms with Crippen molar-refractivity contribution in [2.24, 2.45) is 11.7 Å². The first-order valence-electron chi connectivity index (χ1n) is 6.79. The Morgan fingerprint density at radius 3 is 2.71 bits per heavy atom. The lowest BCUT2D eigenvalue weighted by Gasteiger charge is -2.13. The summed E-state index contributed by atoms with van der Waals surface area (Å²) in [6.45, 7) is 7.02. The third-order valence-corrected chi connectivity index (χ3v) is 2.92. The van der Waals surface area contributed by atoms with E-state index >= 15 is 0 Å². The zero-order chi connectivity index (χ0) is 12.9. The van der Waals surface area contributed by atoms with Crippen molar-refractivity contribution in [2.75, 3.05) is 26.3 Å². The largest absolute Gasteiger partial charge is 0.382 e. The van der Waals surface area contributed by atoms with E-state index < -0.39 is 0 Å². The van der Waals surface area contributed by atoms with Crippen molar-refractivity contribution in [1.82, 2.24) is 5.32 Å². The molecule has 3 N–H and O–H groups in total. The van der Waals surface area contributed by atoms with Crippen molar-refractivity contribution >= 4 is 5.91 Å². The fourth-order valence-electron chi connectivity index (χ4n) is 1.76. The first-order chi connectivity index (χ1) is 8.24. The van der Waals surface area contributed by atoms with Crippen LogP contribution in [0.2, 0.25) is 0 Å². The van der Waals surface area contributed by atoms with Gasteiger partial charge in [0.1, 0.15) is 0 Å². The number of carbonyl (C=O) groups excluding carboxylic acids is 1. The molecular weight excluding hydrogens is 216 g/mol. The molecule has 0 aromatic rings. The van der Waals surface area contributed by atoms with Crippen molar-refractivity contribution < 1.29 is 9.53 Å². The van der Waals surface area contributed by atoms with Crippen LogP contribution >= 0.6 is 0 Å². The molecule has 0 aromatic carbocycles. The van der Waals surface area contributed by atoms with Crippen molar-refractivity contribution in [3.63, 3.8) is 0 Å². The van der Waals surface area contributed by atoms with E-state index in [0.717, 1.165) is 38.9 Å². The molecule has 0 aromatic heterocycles. The van der Waals surface area contributed by atoms with Crippen LogP contribution in [-0.2, 0) is 9.53 Å². The second-order valence-corrected chi connectivity index (χ2v) is 4.29. The summed E-state index contributed by atoms with van der Waals surface area (Å²) in [6.07, 6.45) is 4.58. The van der Waals surface area contributed by atoms with Gasteiger partial charge in [-0.15, -0.1) is 0 Å². The van der Waals surface area contributed by atoms with E-state index in [2.05, 4.69) is 12.2 Å². The minimum Gasteiger partial charge on any atom is -0.382 e. The third-order valence-electron chi connectivity index (χ3n) is 2.92. The number of hydrogen-bond acceptors (Lipinski definition) is 3. The highest BCUT2D eigenvalue weighted by molar-refractivity contribution is 5.75. The number of nitrogens with two attached hydrogens (primary N) is 1. The van der Waals surface area contributed by atoms with Crippen molar-refractivity contribution in [3.8, 4) is 0 Å². The summed E-state index contributed by atoms with van der Waals surface area (Å²) in [4.78, 5) is 11.5. The Hall–Kier alpha value is -0.610. The predicted molar refractivity (Wildman–Crippen MR) is 70.8 cm³/mol. The van der Waals surface area contributed by atoms with Crippen molar-refractivity contribution in [3.05, 3.63) is 0 Å². The van der Waals surface area contributed by atoms with Crippen LogP contribution < -0.4 is 11.1 Å². The molecule has 1 atom stereocenters. The number of hydrogen-bond donors (Lipinski definition) is 2. The van der Waals surface area contributed by atoms with E-state index in [1.807, 2.05) is 6.92 Å². The normalized spacial score (nSPS) is 12.4. The summed E-state index contributed by atoms with van der Waals surface area (Å²) >= 11 is 0. The molecule has 0 aliphatic heterocycles. The van der Waals surface area contributed by atoms with Gasteiger partial charge in [0.15, 0.2) is 0 Å². The molecule has 0 rings (SSSR count). The number of rotatable bonds is 11. The number of ether oxygens (including phenoxy) is 1. The third kappa shape index (κ3) is 10.3. The van der Waals surface area contributed by atoms with Gasteiger partial charge in [-0.3, -0.25) is 4.79 Å². The summed E-state index contributed by atoms with van der Waals surface area (Å²) in [5.74, 6) is 0.742. The van der Waals surface area contributed by atoms with E-state index in [0.29, 0.717) is 25.4 Å². The molecule has 0 fully saturated rings. The van der Waals surface area contributed by atoms with Crippen molar-refractivity contribution in [1.29, 1.82) is 0 Å². The summed E-state index contributed by atoms with van der Waals surface area (Å²) in [7, 11) is 0. The molecule has 0 saturated carbocycles. The van der Waals surface area contributed by atoms with Gasteiger partial charge in [0.05, 0.1) is 0 Å². The lowest BCUT2D eigenvalue weighted by atomic mass is 9.96.